The van der Waals surface area contributed by atoms with E-state index in [2.05, 4.69) is 10.3 Å². The summed E-state index contributed by atoms with van der Waals surface area (Å²) in [6.45, 7) is 0. The van der Waals surface area contributed by atoms with Crippen molar-refractivity contribution >= 4 is 80.7 Å². The standard InChI is InChI=1S/C17H10Cl4N2O2S/c1-26-17-13(16(25)22-12-3-2-7(18)5-10(12)20)15(24)9-4-8(19)6-11(21)14(9)23-17/h2-6H,1H3,(H,22,25)(H,23,24). The molecule has 0 spiro atoms. The third-order valence-corrected chi connectivity index (χ3v) is 5.38. The minimum Gasteiger partial charge on any atom is -0.348 e. The van der Waals surface area contributed by atoms with Crippen molar-refractivity contribution in [3.05, 3.63) is 66.2 Å². The van der Waals surface area contributed by atoms with E-state index in [4.69, 9.17) is 46.4 Å². The van der Waals surface area contributed by atoms with Gasteiger partial charge in [0.15, 0.2) is 0 Å². The topological polar surface area (TPSA) is 62.0 Å². The Hall–Kier alpha value is -1.37. The number of carbonyl (C=O) groups excluding carboxylic acids is 1. The van der Waals surface area contributed by atoms with E-state index < -0.39 is 11.3 Å². The molecular formula is C17H10Cl4N2O2S. The molecule has 2 aromatic carbocycles. The largest absolute Gasteiger partial charge is 0.348 e. The normalized spacial score (nSPS) is 11.0. The zero-order valence-corrected chi connectivity index (χ0v) is 17.0. The molecule has 1 aromatic heterocycles. The number of nitrogens with one attached hydrogen (secondary N) is 2. The quantitative estimate of drug-likeness (QED) is 0.475. The van der Waals surface area contributed by atoms with Gasteiger partial charge in [-0.1, -0.05) is 46.4 Å². The fraction of sp³-hybridized carbons (Fsp3) is 0.0588. The van der Waals surface area contributed by atoms with E-state index in [1.807, 2.05) is 0 Å². The highest BCUT2D eigenvalue weighted by Gasteiger charge is 2.21. The maximum atomic E-state index is 12.9. The van der Waals surface area contributed by atoms with Gasteiger partial charge in [0.2, 0.25) is 5.43 Å². The lowest BCUT2D eigenvalue weighted by atomic mass is 10.1. The predicted octanol–water partition coefficient (Wildman–Crippen LogP) is 6.12. The number of aromatic amines is 1. The molecule has 2 N–H and O–H groups in total. The maximum Gasteiger partial charge on any atom is 0.262 e. The first-order valence-corrected chi connectivity index (χ1v) is 9.91. The van der Waals surface area contributed by atoms with Crippen molar-refractivity contribution in [1.82, 2.24) is 4.98 Å². The van der Waals surface area contributed by atoms with Crippen LogP contribution in [0.15, 0.2) is 40.2 Å². The number of thioether (sulfide) groups is 1. The number of amides is 1. The molecule has 4 nitrogen and oxygen atoms in total. The Morgan fingerprint density at radius 1 is 1.04 bits per heavy atom. The van der Waals surface area contributed by atoms with Gasteiger partial charge >= 0.3 is 0 Å². The minimum absolute atomic E-state index is 0.0469. The van der Waals surface area contributed by atoms with E-state index in [1.54, 1.807) is 18.4 Å². The van der Waals surface area contributed by atoms with Crippen molar-refractivity contribution in [3.63, 3.8) is 0 Å². The van der Waals surface area contributed by atoms with E-state index >= 15 is 0 Å². The van der Waals surface area contributed by atoms with Crippen LogP contribution < -0.4 is 10.7 Å². The highest BCUT2D eigenvalue weighted by Crippen LogP contribution is 2.29. The summed E-state index contributed by atoms with van der Waals surface area (Å²) in [6, 6.07) is 7.64. The molecular weight excluding hydrogens is 438 g/mol. The van der Waals surface area contributed by atoms with Gasteiger partial charge in [0, 0.05) is 15.4 Å². The van der Waals surface area contributed by atoms with Crippen molar-refractivity contribution in [2.75, 3.05) is 11.6 Å². The molecule has 0 atom stereocenters. The summed E-state index contributed by atoms with van der Waals surface area (Å²) in [6.07, 6.45) is 1.74. The fourth-order valence-electron chi connectivity index (χ4n) is 2.43. The molecule has 26 heavy (non-hydrogen) atoms. The molecule has 0 saturated carbocycles. The summed E-state index contributed by atoms with van der Waals surface area (Å²) in [7, 11) is 0. The summed E-state index contributed by atoms with van der Waals surface area (Å²) >= 11 is 25.3. The van der Waals surface area contributed by atoms with Crippen molar-refractivity contribution in [2.24, 2.45) is 0 Å². The van der Waals surface area contributed by atoms with Gasteiger partial charge in [0.25, 0.3) is 5.91 Å². The average molecular weight is 448 g/mol. The smallest absolute Gasteiger partial charge is 0.262 e. The molecule has 0 bridgehead atoms. The van der Waals surface area contributed by atoms with E-state index in [0.717, 1.165) is 0 Å². The number of anilines is 1. The molecule has 1 amide bonds. The van der Waals surface area contributed by atoms with Crippen LogP contribution in [0.4, 0.5) is 5.69 Å². The number of pyridine rings is 1. The number of hydrogen-bond acceptors (Lipinski definition) is 3. The molecule has 9 heteroatoms. The Morgan fingerprint density at radius 2 is 1.73 bits per heavy atom. The summed E-state index contributed by atoms with van der Waals surface area (Å²) in [5.41, 5.74) is 0.243. The zero-order valence-electron chi connectivity index (χ0n) is 13.1. The van der Waals surface area contributed by atoms with Gasteiger partial charge in [-0.3, -0.25) is 9.59 Å². The molecule has 0 unspecified atom stereocenters. The van der Waals surface area contributed by atoms with E-state index in [9.17, 15) is 9.59 Å². The van der Waals surface area contributed by atoms with Gasteiger partial charge in [-0.2, -0.15) is 0 Å². The van der Waals surface area contributed by atoms with Gasteiger partial charge in [0.1, 0.15) is 5.56 Å². The molecule has 0 aliphatic carbocycles. The Morgan fingerprint density at radius 3 is 2.38 bits per heavy atom. The zero-order chi connectivity index (χ0) is 19.0. The lowest BCUT2D eigenvalue weighted by Gasteiger charge is -2.12. The lowest BCUT2D eigenvalue weighted by Crippen LogP contribution is -2.24. The van der Waals surface area contributed by atoms with E-state index in [1.165, 1.54) is 30.0 Å². The molecule has 0 aliphatic rings. The molecule has 0 saturated heterocycles. The fourth-order valence-corrected chi connectivity index (χ4v) is 4.02. The van der Waals surface area contributed by atoms with Crippen molar-refractivity contribution in [1.29, 1.82) is 0 Å². The van der Waals surface area contributed by atoms with Gasteiger partial charge in [-0.05, 0) is 36.6 Å². The lowest BCUT2D eigenvalue weighted by molar-refractivity contribution is 0.102. The van der Waals surface area contributed by atoms with Crippen molar-refractivity contribution in [3.8, 4) is 0 Å². The van der Waals surface area contributed by atoms with Gasteiger partial charge < -0.3 is 10.3 Å². The van der Waals surface area contributed by atoms with Gasteiger partial charge in [-0.25, -0.2) is 0 Å². The predicted molar refractivity (Wildman–Crippen MR) is 111 cm³/mol. The second-order valence-corrected chi connectivity index (χ2v) is 7.75. The third-order valence-electron chi connectivity index (χ3n) is 3.60. The number of hydrogen-bond donors (Lipinski definition) is 2. The van der Waals surface area contributed by atoms with Crippen LogP contribution in [0, 0.1) is 0 Å². The number of aromatic nitrogens is 1. The number of rotatable bonds is 3. The minimum atomic E-state index is -0.599. The van der Waals surface area contributed by atoms with Crippen LogP contribution in [0.25, 0.3) is 10.9 Å². The molecule has 134 valence electrons. The van der Waals surface area contributed by atoms with Crippen molar-refractivity contribution < 1.29 is 4.79 Å². The molecule has 0 aliphatic heterocycles. The Labute approximate surface area is 172 Å². The Balaban J connectivity index is 2.15. The summed E-state index contributed by atoms with van der Waals surface area (Å²) in [5, 5.41) is 4.55. The van der Waals surface area contributed by atoms with Crippen LogP contribution in [-0.2, 0) is 0 Å². The van der Waals surface area contributed by atoms with E-state index in [-0.39, 0.29) is 16.0 Å². The summed E-state index contributed by atoms with van der Waals surface area (Å²) in [5.74, 6) is -0.599. The van der Waals surface area contributed by atoms with Crippen LogP contribution >= 0.6 is 58.2 Å². The number of halogens is 4. The highest BCUT2D eigenvalue weighted by atomic mass is 35.5. The Bertz CT molecular complexity index is 1100. The number of H-pyrrole nitrogens is 1. The maximum absolute atomic E-state index is 12.9. The molecule has 0 fully saturated rings. The molecule has 0 radical (unpaired) electrons. The van der Waals surface area contributed by atoms with Crippen LogP contribution in [-0.4, -0.2) is 17.1 Å². The monoisotopic (exact) mass is 446 g/mol. The van der Waals surface area contributed by atoms with Crippen LogP contribution in [0.3, 0.4) is 0 Å². The number of carbonyl (C=O) groups is 1. The second kappa shape index (κ2) is 7.71. The SMILES string of the molecule is CSc1[nH]c2c(Cl)cc(Cl)cc2c(=O)c1C(=O)Nc1ccc(Cl)cc1Cl. The molecule has 3 rings (SSSR count). The third kappa shape index (κ3) is 3.68. The summed E-state index contributed by atoms with van der Waals surface area (Å²) in [4.78, 5) is 28.7. The van der Waals surface area contributed by atoms with Crippen molar-refractivity contribution in [2.45, 2.75) is 5.03 Å². The number of fused-ring (bicyclic) bond motifs is 1. The van der Waals surface area contributed by atoms with Gasteiger partial charge in [0.05, 0.1) is 26.3 Å². The Kier molecular flexibility index (Phi) is 5.75. The average Bonchev–Trinajstić information content (AvgIpc) is 2.57. The first-order chi connectivity index (χ1) is 12.3. The number of benzene rings is 2. The van der Waals surface area contributed by atoms with Crippen LogP contribution in [0.1, 0.15) is 10.4 Å². The van der Waals surface area contributed by atoms with Gasteiger partial charge in [-0.15, -0.1) is 11.8 Å². The first kappa shape index (κ1) is 19.4. The second-order valence-electron chi connectivity index (χ2n) is 5.25. The molecule has 1 heterocycles. The van der Waals surface area contributed by atoms with E-state index in [0.29, 0.717) is 31.3 Å². The highest BCUT2D eigenvalue weighted by molar-refractivity contribution is 7.98. The van der Waals surface area contributed by atoms with Crippen LogP contribution in [0.2, 0.25) is 20.1 Å². The molecule has 3 aromatic rings. The summed E-state index contributed by atoms with van der Waals surface area (Å²) < 4.78 is 0. The first-order valence-electron chi connectivity index (χ1n) is 7.17. The van der Waals surface area contributed by atoms with Crippen LogP contribution in [0.5, 0.6) is 0 Å².